The minimum atomic E-state index is -4.83. The number of hydrogen-bond donors (Lipinski definition) is 2. The number of carbonyl (C=O) groups excluding carboxylic acids is 2. The highest BCUT2D eigenvalue weighted by Gasteiger charge is 2.40. The van der Waals surface area contributed by atoms with E-state index in [-0.39, 0.29) is 18.1 Å². The van der Waals surface area contributed by atoms with Crippen LogP contribution in [-0.2, 0) is 17.5 Å². The monoisotopic (exact) mass is 494 g/mol. The quantitative estimate of drug-likeness (QED) is 0.638. The Morgan fingerprint density at radius 3 is 2.37 bits per heavy atom. The summed E-state index contributed by atoms with van der Waals surface area (Å²) in [5.41, 5.74) is 4.85. The smallest absolute Gasteiger partial charge is 0.388 e. The van der Waals surface area contributed by atoms with Crippen molar-refractivity contribution in [2.45, 2.75) is 44.9 Å². The summed E-state index contributed by atoms with van der Waals surface area (Å²) in [4.78, 5) is 31.8. The predicted molar refractivity (Wildman–Crippen MR) is 121 cm³/mol. The molecule has 2 aromatic carbocycles. The Balaban J connectivity index is 0.00000167. The van der Waals surface area contributed by atoms with Gasteiger partial charge in [-0.25, -0.2) is 9.38 Å². The van der Waals surface area contributed by atoms with Crippen LogP contribution in [0, 0.1) is 0 Å². The van der Waals surface area contributed by atoms with Gasteiger partial charge in [0.25, 0.3) is 11.8 Å². The molecule has 188 valence electrons. The molecule has 3 N–H and O–H groups in total. The molecule has 0 radical (unpaired) electrons. The van der Waals surface area contributed by atoms with Crippen LogP contribution in [0.15, 0.2) is 53.5 Å². The molecule has 0 aliphatic carbocycles. The molecule has 2 aromatic rings. The van der Waals surface area contributed by atoms with Crippen LogP contribution in [0.1, 0.15) is 46.9 Å². The number of carbonyl (C=O) groups is 2. The van der Waals surface area contributed by atoms with Gasteiger partial charge in [0, 0.05) is 6.54 Å². The van der Waals surface area contributed by atoms with Crippen molar-refractivity contribution >= 4 is 17.8 Å². The van der Waals surface area contributed by atoms with Crippen molar-refractivity contribution in [3.63, 3.8) is 0 Å². The number of β-amino-alcohol motifs (C(OH)–C–C–N with tert-alkyl or cyclic N) is 1. The van der Waals surface area contributed by atoms with Gasteiger partial charge in [0.05, 0.1) is 24.2 Å². The van der Waals surface area contributed by atoms with Crippen molar-refractivity contribution in [3.05, 3.63) is 70.8 Å². The number of nitrogens with two attached hydrogens (primary N) is 1. The zero-order valence-electron chi connectivity index (χ0n) is 19.2. The van der Waals surface area contributed by atoms with Gasteiger partial charge < -0.3 is 15.7 Å². The van der Waals surface area contributed by atoms with Crippen molar-refractivity contribution < 1.29 is 32.3 Å². The number of nitrogens with zero attached hydrogens (tertiary/aromatic N) is 3. The van der Waals surface area contributed by atoms with E-state index in [1.54, 1.807) is 30.3 Å². The summed E-state index contributed by atoms with van der Waals surface area (Å²) in [6.45, 7) is 2.87. The average Bonchev–Trinajstić information content (AvgIpc) is 3.32. The maximum Gasteiger partial charge on any atom is 0.417 e. The molecule has 2 aliphatic rings. The van der Waals surface area contributed by atoms with Crippen LogP contribution in [0.25, 0.3) is 0 Å². The lowest BCUT2D eigenvalue weighted by molar-refractivity contribution is -0.138. The normalized spacial score (nSPS) is 22.1. The maximum atomic E-state index is 13.7. The number of aliphatic imine (C=N–C) groups is 1. The summed E-state index contributed by atoms with van der Waals surface area (Å²) in [6.07, 6.45) is -8.03. The number of likely N-dealkylation sites (tertiary alicyclic amines) is 1. The predicted octanol–water partition coefficient (Wildman–Crippen LogP) is 3.28. The number of hydrogen-bond acceptors (Lipinski definition) is 5. The third-order valence-corrected chi connectivity index (χ3v) is 5.62. The number of halogens is 4. The topological polar surface area (TPSA) is 99.2 Å². The first-order valence-electron chi connectivity index (χ1n) is 11.1. The summed E-state index contributed by atoms with van der Waals surface area (Å²) in [5.74, 6) is -1.60. The van der Waals surface area contributed by atoms with Gasteiger partial charge in [-0.05, 0) is 23.3 Å². The van der Waals surface area contributed by atoms with Gasteiger partial charge in [-0.3, -0.25) is 14.5 Å². The van der Waals surface area contributed by atoms with Crippen LogP contribution < -0.4 is 5.73 Å². The lowest BCUT2D eigenvalue weighted by Crippen LogP contribution is -2.37. The van der Waals surface area contributed by atoms with Gasteiger partial charge in [0.1, 0.15) is 12.3 Å². The van der Waals surface area contributed by atoms with Crippen LogP contribution in [0.3, 0.4) is 0 Å². The molecule has 7 nitrogen and oxygen atoms in total. The third-order valence-electron chi connectivity index (χ3n) is 5.62. The lowest BCUT2D eigenvalue weighted by atomic mass is 10.0. The fourth-order valence-electron chi connectivity index (χ4n) is 3.91. The van der Waals surface area contributed by atoms with Crippen molar-refractivity contribution in [1.82, 2.24) is 9.80 Å². The van der Waals surface area contributed by atoms with Gasteiger partial charge in [0.2, 0.25) is 0 Å². The molecule has 2 aliphatic heterocycles. The molecule has 4 rings (SSSR count). The molecule has 3 atom stereocenters. The van der Waals surface area contributed by atoms with Crippen LogP contribution >= 0.6 is 0 Å². The van der Waals surface area contributed by atoms with Crippen LogP contribution in [0.4, 0.5) is 17.6 Å². The molecule has 2 heterocycles. The summed E-state index contributed by atoms with van der Waals surface area (Å²) >= 11 is 0. The number of aliphatic hydroxyl groups excluding tert-OH is 1. The first kappa shape index (κ1) is 26.1. The van der Waals surface area contributed by atoms with Gasteiger partial charge in [0.15, 0.2) is 12.0 Å². The van der Waals surface area contributed by atoms with Crippen LogP contribution in [0.2, 0.25) is 0 Å². The van der Waals surface area contributed by atoms with Crippen molar-refractivity contribution in [3.8, 4) is 0 Å². The second-order valence-electron chi connectivity index (χ2n) is 7.90. The van der Waals surface area contributed by atoms with E-state index in [0.717, 1.165) is 28.0 Å². The molecule has 1 saturated heterocycles. The molecule has 0 saturated carbocycles. The molecule has 3 unspecified atom stereocenters. The Morgan fingerprint density at radius 2 is 1.80 bits per heavy atom. The van der Waals surface area contributed by atoms with Crippen molar-refractivity contribution in [2.75, 3.05) is 13.1 Å². The van der Waals surface area contributed by atoms with E-state index in [9.17, 15) is 32.3 Å². The number of aliphatic hydroxyl groups is 1. The molecule has 35 heavy (non-hydrogen) atoms. The fourth-order valence-corrected chi connectivity index (χ4v) is 3.91. The highest BCUT2D eigenvalue weighted by atomic mass is 19.4. The largest absolute Gasteiger partial charge is 0.417 e. The number of rotatable bonds is 4. The molecule has 0 spiro atoms. The summed E-state index contributed by atoms with van der Waals surface area (Å²) in [5, 5.41) is 9.55. The summed E-state index contributed by atoms with van der Waals surface area (Å²) in [7, 11) is 0. The highest BCUT2D eigenvalue weighted by Crippen LogP contribution is 2.34. The molecule has 0 bridgehead atoms. The lowest BCUT2D eigenvalue weighted by Gasteiger charge is -2.21. The molecular weight excluding hydrogens is 468 g/mol. The Morgan fingerprint density at radius 1 is 1.14 bits per heavy atom. The third kappa shape index (κ3) is 5.45. The number of guanidine groups is 1. The molecular formula is C24H26F4N4O3. The summed E-state index contributed by atoms with van der Waals surface area (Å²) < 4.78 is 54.3. The van der Waals surface area contributed by atoms with Gasteiger partial charge in [-0.15, -0.1) is 0 Å². The summed E-state index contributed by atoms with van der Waals surface area (Å²) in [6, 6.07) is 10.7. The molecule has 11 heteroatoms. The van der Waals surface area contributed by atoms with Crippen LogP contribution in [-0.4, -0.2) is 58.0 Å². The van der Waals surface area contributed by atoms with E-state index in [1.807, 2.05) is 13.8 Å². The van der Waals surface area contributed by atoms with Crippen molar-refractivity contribution in [2.24, 2.45) is 10.7 Å². The zero-order valence-corrected chi connectivity index (χ0v) is 19.2. The minimum Gasteiger partial charge on any atom is -0.388 e. The second-order valence-corrected chi connectivity index (χ2v) is 7.90. The average molecular weight is 494 g/mol. The maximum absolute atomic E-state index is 13.7. The standard InChI is InChI=1S/C22H20F4N4O3.C2H6/c23-16-10-29(11-17(16)31)19(32)14-8-12(6-7-15(14)22(24,25)26)9-30-20(33)18(28-21(30)27)13-4-2-1-3-5-13;1-2/h1-8,16-18,31H,9-11H2,(H2,27,28);1-2H3. The van der Waals surface area contributed by atoms with Gasteiger partial charge in [-0.2, -0.15) is 13.2 Å². The van der Waals surface area contributed by atoms with Crippen LogP contribution in [0.5, 0.6) is 0 Å². The Kier molecular flexibility index (Phi) is 7.79. The highest BCUT2D eigenvalue weighted by molar-refractivity contribution is 6.04. The number of amides is 2. The minimum absolute atomic E-state index is 0.0930. The van der Waals surface area contributed by atoms with Crippen molar-refractivity contribution in [1.29, 1.82) is 0 Å². The molecule has 2 amide bonds. The van der Waals surface area contributed by atoms with Gasteiger partial charge in [-0.1, -0.05) is 50.2 Å². The first-order chi connectivity index (χ1) is 16.6. The Bertz CT molecular complexity index is 1100. The fraction of sp³-hybridized carbons (Fsp3) is 0.375. The number of alkyl halides is 4. The van der Waals surface area contributed by atoms with E-state index in [0.29, 0.717) is 5.56 Å². The Hall–Kier alpha value is -3.47. The van der Waals surface area contributed by atoms with E-state index in [2.05, 4.69) is 4.99 Å². The van der Waals surface area contributed by atoms with E-state index in [4.69, 9.17) is 5.73 Å². The number of benzene rings is 2. The Labute approximate surface area is 199 Å². The molecule has 1 fully saturated rings. The van der Waals surface area contributed by atoms with E-state index in [1.165, 1.54) is 0 Å². The first-order valence-corrected chi connectivity index (χ1v) is 11.1. The zero-order chi connectivity index (χ0) is 25.9. The molecule has 0 aromatic heterocycles. The second kappa shape index (κ2) is 10.4. The van der Waals surface area contributed by atoms with E-state index >= 15 is 0 Å². The van der Waals surface area contributed by atoms with E-state index < -0.39 is 60.5 Å². The SMILES string of the molecule is CC.NC1=NC(c2ccccc2)C(=O)N1Cc1ccc(C(F)(F)F)c(C(=O)N2CC(O)C(F)C2)c1. The van der Waals surface area contributed by atoms with Gasteiger partial charge >= 0.3 is 6.18 Å².